The summed E-state index contributed by atoms with van der Waals surface area (Å²) in [4.78, 5) is 5.06. The smallest absolute Gasteiger partial charge is 0.0867 e. The zero-order valence-electron chi connectivity index (χ0n) is 41.9. The summed E-state index contributed by atoms with van der Waals surface area (Å²) in [5.41, 5.74) is 17.3. The number of pyridine rings is 1. The zero-order chi connectivity index (χ0) is 50.1. The van der Waals surface area contributed by atoms with E-state index >= 15 is 0 Å². The average Bonchev–Trinajstić information content (AvgIpc) is 3.94. The standard InChI is InChI=1S/C65H45N5/c1-4-17-46(18-5-1)47-31-33-48(34-32-47)49-19-16-20-50(37-49)65-36-35-51(41-66-65)59-25-10-11-26-60(59)52-38-53(61-27-12-14-29-63(61)55-42-67-69(44-55)57-21-6-2-7-22-57)40-54(39-52)62-28-13-15-30-64(62)56-43-68-70(45-56)58-23-8-3-9-24-58/h1-45H/i42D,43D,44D,45D. The zero-order valence-corrected chi connectivity index (χ0v) is 37.9. The SMILES string of the molecule is [2H]c1nn(-c2ccccc2)c([2H])c1-c1ccccc1-c1cc(-c2ccccc2-c2ccc(-c3cccc(-c4ccc(-c5ccccc5)cc4)c3)nc2)cc(-c2ccccc2-c2c([2H])nn(-c3ccccc3)c2[2H])c1. The molecule has 0 unspecified atom stereocenters. The van der Waals surface area contributed by atoms with E-state index in [1.165, 1.54) is 20.5 Å². The van der Waals surface area contributed by atoms with E-state index in [0.29, 0.717) is 33.6 Å². The molecule has 0 spiro atoms. The molecule has 0 N–H and O–H groups in total. The van der Waals surface area contributed by atoms with Crippen LogP contribution in [0.1, 0.15) is 5.48 Å². The van der Waals surface area contributed by atoms with Crippen molar-refractivity contribution in [2.75, 3.05) is 0 Å². The van der Waals surface area contributed by atoms with Crippen LogP contribution in [-0.2, 0) is 0 Å². The third-order valence-electron chi connectivity index (χ3n) is 12.7. The van der Waals surface area contributed by atoms with Crippen LogP contribution in [0.5, 0.6) is 0 Å². The second kappa shape index (κ2) is 18.7. The van der Waals surface area contributed by atoms with Crippen molar-refractivity contribution in [1.82, 2.24) is 24.5 Å². The molecule has 3 aromatic heterocycles. The van der Waals surface area contributed by atoms with Gasteiger partial charge < -0.3 is 0 Å². The maximum atomic E-state index is 9.39. The van der Waals surface area contributed by atoms with Crippen LogP contribution < -0.4 is 0 Å². The molecule has 12 rings (SSSR count). The van der Waals surface area contributed by atoms with Crippen LogP contribution in [0.3, 0.4) is 0 Å². The summed E-state index contributed by atoms with van der Waals surface area (Å²) in [6.07, 6.45) is 2.17. The van der Waals surface area contributed by atoms with Crippen molar-refractivity contribution in [3.8, 4) is 112 Å². The molecule has 0 saturated carbocycles. The number of rotatable bonds is 11. The topological polar surface area (TPSA) is 48.5 Å². The van der Waals surface area contributed by atoms with Gasteiger partial charge in [0.15, 0.2) is 0 Å². The summed E-state index contributed by atoms with van der Waals surface area (Å²) in [6.45, 7) is 0. The van der Waals surface area contributed by atoms with Gasteiger partial charge in [-0.3, -0.25) is 4.98 Å². The first kappa shape index (κ1) is 37.6. The fraction of sp³-hybridized carbons (Fsp3) is 0. The second-order valence-electron chi connectivity index (χ2n) is 17.1. The summed E-state index contributed by atoms with van der Waals surface area (Å²) in [7, 11) is 0. The molecule has 70 heavy (non-hydrogen) atoms. The van der Waals surface area contributed by atoms with Gasteiger partial charge in [-0.1, -0.05) is 188 Å². The Hall–Kier alpha value is -9.45. The van der Waals surface area contributed by atoms with Crippen LogP contribution in [-0.4, -0.2) is 24.5 Å². The minimum absolute atomic E-state index is 0.0000774. The van der Waals surface area contributed by atoms with Crippen LogP contribution in [0.4, 0.5) is 0 Å². The number of benzene rings is 9. The van der Waals surface area contributed by atoms with E-state index in [0.717, 1.165) is 66.9 Å². The highest BCUT2D eigenvalue weighted by Gasteiger charge is 2.18. The van der Waals surface area contributed by atoms with Gasteiger partial charge in [0.2, 0.25) is 0 Å². The summed E-state index contributed by atoms with van der Waals surface area (Å²) >= 11 is 0. The van der Waals surface area contributed by atoms with Gasteiger partial charge in [-0.05, 0) is 127 Å². The molecule has 9 aromatic carbocycles. The molecular formula is C65H45N5. The number of nitrogens with zero attached hydrogens (tertiary/aromatic N) is 5. The largest absolute Gasteiger partial charge is 0.256 e. The molecule has 0 fully saturated rings. The maximum Gasteiger partial charge on any atom is 0.0867 e. The van der Waals surface area contributed by atoms with E-state index in [1.807, 2.05) is 134 Å². The average molecular weight is 900 g/mol. The van der Waals surface area contributed by atoms with Crippen molar-refractivity contribution in [2.45, 2.75) is 0 Å². The Kier molecular flexibility index (Phi) is 10.0. The molecular weight excluding hydrogens is 851 g/mol. The van der Waals surface area contributed by atoms with Gasteiger partial charge in [-0.2, -0.15) is 10.2 Å². The van der Waals surface area contributed by atoms with Gasteiger partial charge in [0.05, 0.1) is 34.9 Å². The van der Waals surface area contributed by atoms with Crippen molar-refractivity contribution in [3.63, 3.8) is 0 Å². The van der Waals surface area contributed by atoms with E-state index in [9.17, 15) is 2.74 Å². The first-order valence-electron chi connectivity index (χ1n) is 25.3. The lowest BCUT2D eigenvalue weighted by molar-refractivity contribution is 0.881. The van der Waals surface area contributed by atoms with Crippen molar-refractivity contribution >= 4 is 0 Å². The molecule has 0 atom stereocenters. The Morgan fingerprint density at radius 2 is 0.614 bits per heavy atom. The van der Waals surface area contributed by atoms with Crippen LogP contribution >= 0.6 is 0 Å². The monoisotopic (exact) mass is 899 g/mol. The highest BCUT2D eigenvalue weighted by atomic mass is 15.3. The molecule has 0 amide bonds. The predicted octanol–water partition coefficient (Wildman–Crippen LogP) is 16.5. The van der Waals surface area contributed by atoms with E-state index in [1.54, 1.807) is 0 Å². The van der Waals surface area contributed by atoms with Gasteiger partial charge in [0, 0.05) is 40.8 Å². The molecule has 330 valence electrons. The molecule has 5 heteroatoms. The minimum atomic E-state index is -0.0000774. The van der Waals surface area contributed by atoms with Crippen LogP contribution in [0.2, 0.25) is 0 Å². The van der Waals surface area contributed by atoms with Gasteiger partial charge in [-0.15, -0.1) is 0 Å². The van der Waals surface area contributed by atoms with Crippen molar-refractivity contribution in [3.05, 3.63) is 274 Å². The van der Waals surface area contributed by atoms with E-state index < -0.39 is 0 Å². The molecule has 0 saturated heterocycles. The van der Waals surface area contributed by atoms with E-state index in [4.69, 9.17) is 7.73 Å². The number of aromatic nitrogens is 5. The molecule has 0 radical (unpaired) electrons. The summed E-state index contributed by atoms with van der Waals surface area (Å²) in [6, 6.07) is 81.3. The predicted molar refractivity (Wildman–Crippen MR) is 287 cm³/mol. The molecule has 0 aliphatic carbocycles. The summed E-state index contributed by atoms with van der Waals surface area (Å²) < 4.78 is 40.1. The van der Waals surface area contributed by atoms with E-state index in [2.05, 4.69) is 125 Å². The lowest BCUT2D eigenvalue weighted by Gasteiger charge is -2.17. The Balaban J connectivity index is 0.973. The maximum absolute atomic E-state index is 9.39. The fourth-order valence-corrected chi connectivity index (χ4v) is 9.19. The van der Waals surface area contributed by atoms with Gasteiger partial charge in [0.1, 0.15) is 0 Å². The van der Waals surface area contributed by atoms with Gasteiger partial charge in [-0.25, -0.2) is 9.36 Å². The third kappa shape index (κ3) is 8.44. The minimum Gasteiger partial charge on any atom is -0.256 e. The van der Waals surface area contributed by atoms with Crippen molar-refractivity contribution in [2.24, 2.45) is 0 Å². The quantitative estimate of drug-likeness (QED) is 0.130. The highest BCUT2D eigenvalue weighted by molar-refractivity contribution is 5.94. The van der Waals surface area contributed by atoms with Crippen LogP contribution in [0.15, 0.2) is 274 Å². The molecule has 12 aromatic rings. The summed E-state index contributed by atoms with van der Waals surface area (Å²) in [5.74, 6) is 0. The lowest BCUT2D eigenvalue weighted by atomic mass is 9.87. The van der Waals surface area contributed by atoms with Gasteiger partial charge in [0.25, 0.3) is 0 Å². The van der Waals surface area contributed by atoms with Crippen molar-refractivity contribution < 1.29 is 5.48 Å². The summed E-state index contributed by atoms with van der Waals surface area (Å²) in [5, 5.41) is 9.11. The van der Waals surface area contributed by atoms with Crippen LogP contribution in [0, 0.1) is 0 Å². The second-order valence-corrected chi connectivity index (χ2v) is 17.1. The molecule has 0 aliphatic heterocycles. The third-order valence-corrected chi connectivity index (χ3v) is 12.7. The fourth-order valence-electron chi connectivity index (χ4n) is 9.19. The number of hydrogen-bond acceptors (Lipinski definition) is 3. The lowest BCUT2D eigenvalue weighted by Crippen LogP contribution is -1.93. The van der Waals surface area contributed by atoms with E-state index in [-0.39, 0.29) is 24.7 Å². The van der Waals surface area contributed by atoms with Crippen LogP contribution in [0.25, 0.3) is 112 Å². The Labute approximate surface area is 413 Å². The molecule has 3 heterocycles. The Morgan fingerprint density at radius 1 is 0.271 bits per heavy atom. The van der Waals surface area contributed by atoms with Gasteiger partial charge >= 0.3 is 0 Å². The Bertz CT molecular complexity index is 3830. The highest BCUT2D eigenvalue weighted by Crippen LogP contribution is 2.42. The molecule has 5 nitrogen and oxygen atoms in total. The number of para-hydroxylation sites is 2. The molecule has 0 aliphatic rings. The molecule has 0 bridgehead atoms. The van der Waals surface area contributed by atoms with Crippen molar-refractivity contribution in [1.29, 1.82) is 0 Å². The number of hydrogen-bond donors (Lipinski definition) is 0. The first-order chi connectivity index (χ1) is 36.4. The first-order valence-corrected chi connectivity index (χ1v) is 23.3. The Morgan fingerprint density at radius 3 is 1.07 bits per heavy atom. The normalized spacial score (nSPS) is 11.9.